The molecule has 0 heterocycles. The maximum absolute atomic E-state index is 9.94. The number of nitrogens with one attached hydrogen (secondary N) is 1. The smallest absolute Gasteiger partial charge is 0.218 e. The van der Waals surface area contributed by atoms with Crippen LogP contribution in [0.3, 0.4) is 0 Å². The van der Waals surface area contributed by atoms with Gasteiger partial charge in [0.2, 0.25) is 5.91 Å². The van der Waals surface area contributed by atoms with E-state index in [0.717, 1.165) is 0 Å². The van der Waals surface area contributed by atoms with Gasteiger partial charge in [-0.3, -0.25) is 8.32 Å². The number of carbonyl (C=O) groups excluding carboxylic acids is 1. The molecule has 0 aliphatic rings. The Kier molecular flexibility index (Phi) is 4.42. The van der Waals surface area contributed by atoms with Crippen LogP contribution in [0.1, 0.15) is 6.42 Å². The molecule has 0 radical (unpaired) electrons. The monoisotopic (exact) mass is 214 g/mol. The van der Waals surface area contributed by atoms with E-state index in [9.17, 15) is 4.79 Å². The second kappa shape index (κ2) is 4.32. The van der Waals surface area contributed by atoms with Gasteiger partial charge < -0.3 is 5.73 Å². The van der Waals surface area contributed by atoms with Crippen LogP contribution in [0.5, 0.6) is 0 Å². The first-order chi connectivity index (χ1) is 3.27. The number of primary amides is 1. The maximum Gasteiger partial charge on any atom is 0.218 e. The minimum Gasteiger partial charge on any atom is -0.370 e. The van der Waals surface area contributed by atoms with Crippen LogP contribution in [0.2, 0.25) is 0 Å². The molecular weight excluding hydrogens is 207 g/mol. The Bertz CT molecular complexity index is 66.0. The lowest BCUT2D eigenvalue weighted by Crippen LogP contribution is -2.15. The van der Waals surface area contributed by atoms with Crippen LogP contribution in [0.4, 0.5) is 0 Å². The lowest BCUT2D eigenvalue weighted by atomic mass is 10.4. The summed E-state index contributed by atoms with van der Waals surface area (Å²) in [6.45, 7) is 0.663. The third-order valence-corrected chi connectivity index (χ3v) is 1.01. The lowest BCUT2D eigenvalue weighted by molar-refractivity contribution is -0.117. The summed E-state index contributed by atoms with van der Waals surface area (Å²) in [6.07, 6.45) is 0.420. The Morgan fingerprint density at radius 3 is 2.57 bits per heavy atom. The SMILES string of the molecule is NC(=O)CCNI. The van der Waals surface area contributed by atoms with Gasteiger partial charge in [0, 0.05) is 35.8 Å². The zero-order valence-corrected chi connectivity index (χ0v) is 5.94. The summed E-state index contributed by atoms with van der Waals surface area (Å²) in [7, 11) is 0. The molecule has 0 aromatic heterocycles. The van der Waals surface area contributed by atoms with Gasteiger partial charge in [0.1, 0.15) is 0 Å². The summed E-state index contributed by atoms with van der Waals surface area (Å²) in [4.78, 5) is 9.94. The van der Waals surface area contributed by atoms with Gasteiger partial charge >= 0.3 is 0 Å². The van der Waals surface area contributed by atoms with Crippen molar-refractivity contribution in [1.29, 1.82) is 0 Å². The number of hydrogen-bond donors (Lipinski definition) is 2. The van der Waals surface area contributed by atoms with Gasteiger partial charge in [-0.15, -0.1) is 0 Å². The van der Waals surface area contributed by atoms with Crippen molar-refractivity contribution in [2.24, 2.45) is 5.73 Å². The van der Waals surface area contributed by atoms with Gasteiger partial charge in [0.05, 0.1) is 0 Å². The van der Waals surface area contributed by atoms with E-state index in [4.69, 9.17) is 5.73 Å². The van der Waals surface area contributed by atoms with Crippen molar-refractivity contribution in [3.05, 3.63) is 0 Å². The molecule has 0 bridgehead atoms. The summed E-state index contributed by atoms with van der Waals surface area (Å²) >= 11 is 1.96. The molecule has 0 unspecified atom stereocenters. The average Bonchev–Trinajstić information content (AvgIpc) is 1.61. The van der Waals surface area contributed by atoms with Crippen LogP contribution >= 0.6 is 22.9 Å². The first-order valence-corrected chi connectivity index (χ1v) is 2.97. The zero-order chi connectivity index (χ0) is 5.70. The van der Waals surface area contributed by atoms with Gasteiger partial charge in [-0.25, -0.2) is 0 Å². The van der Waals surface area contributed by atoms with Crippen molar-refractivity contribution in [1.82, 2.24) is 3.53 Å². The van der Waals surface area contributed by atoms with Crippen molar-refractivity contribution in [3.63, 3.8) is 0 Å². The highest BCUT2D eigenvalue weighted by atomic mass is 127. The Hall–Kier alpha value is 0.160. The molecule has 0 rings (SSSR count). The first kappa shape index (κ1) is 7.16. The Labute approximate surface area is 56.1 Å². The van der Waals surface area contributed by atoms with E-state index in [1.165, 1.54) is 0 Å². The fourth-order valence-electron chi connectivity index (χ4n) is 0.170. The molecule has 3 nitrogen and oxygen atoms in total. The highest BCUT2D eigenvalue weighted by molar-refractivity contribution is 14.1. The molecule has 0 aliphatic heterocycles. The van der Waals surface area contributed by atoms with Crippen molar-refractivity contribution < 1.29 is 4.79 Å². The minimum absolute atomic E-state index is 0.260. The summed E-state index contributed by atoms with van der Waals surface area (Å²) in [5.41, 5.74) is 4.80. The Morgan fingerprint density at radius 2 is 2.43 bits per heavy atom. The van der Waals surface area contributed by atoms with Crippen LogP contribution < -0.4 is 9.26 Å². The van der Waals surface area contributed by atoms with Crippen molar-refractivity contribution in [2.75, 3.05) is 6.54 Å². The van der Waals surface area contributed by atoms with Crippen molar-refractivity contribution >= 4 is 28.8 Å². The first-order valence-electron chi connectivity index (χ1n) is 1.89. The van der Waals surface area contributed by atoms with E-state index in [1.54, 1.807) is 0 Å². The standard InChI is InChI=1S/C3H7IN2O/c4-6-2-1-3(5)7/h6H,1-2H2,(H2,5,7). The highest BCUT2D eigenvalue weighted by Gasteiger charge is 1.88. The molecule has 4 heteroatoms. The topological polar surface area (TPSA) is 55.1 Å². The molecule has 0 spiro atoms. The molecule has 0 saturated heterocycles. The molecule has 0 aromatic rings. The molecule has 7 heavy (non-hydrogen) atoms. The Morgan fingerprint density at radius 1 is 1.86 bits per heavy atom. The van der Waals surface area contributed by atoms with E-state index in [-0.39, 0.29) is 5.91 Å². The van der Waals surface area contributed by atoms with Crippen LogP contribution in [0.25, 0.3) is 0 Å². The second-order valence-electron chi connectivity index (χ2n) is 1.10. The number of hydrogen-bond acceptors (Lipinski definition) is 2. The lowest BCUT2D eigenvalue weighted by Gasteiger charge is -1.88. The number of nitrogens with two attached hydrogens (primary N) is 1. The van der Waals surface area contributed by atoms with E-state index in [0.29, 0.717) is 13.0 Å². The van der Waals surface area contributed by atoms with Gasteiger partial charge in [-0.1, -0.05) is 0 Å². The van der Waals surface area contributed by atoms with Gasteiger partial charge in [-0.2, -0.15) is 0 Å². The predicted octanol–water partition coefficient (Wildman–Crippen LogP) is -0.199. The minimum atomic E-state index is -0.260. The predicted molar refractivity (Wildman–Crippen MR) is 35.8 cm³/mol. The highest BCUT2D eigenvalue weighted by Crippen LogP contribution is 1.74. The van der Waals surface area contributed by atoms with Gasteiger partial charge in [0.15, 0.2) is 0 Å². The van der Waals surface area contributed by atoms with Crippen LogP contribution in [0, 0.1) is 0 Å². The third kappa shape index (κ3) is 6.16. The van der Waals surface area contributed by atoms with E-state index in [1.807, 2.05) is 22.9 Å². The van der Waals surface area contributed by atoms with Gasteiger partial charge in [0.25, 0.3) is 0 Å². The molecule has 1 amide bonds. The number of carbonyl (C=O) groups is 1. The van der Waals surface area contributed by atoms with Crippen molar-refractivity contribution in [2.45, 2.75) is 6.42 Å². The zero-order valence-electron chi connectivity index (χ0n) is 3.78. The normalized spacial score (nSPS) is 8.71. The fraction of sp³-hybridized carbons (Fsp3) is 0.667. The Balaban J connectivity index is 2.82. The summed E-state index contributed by atoms with van der Waals surface area (Å²) in [6, 6.07) is 0. The largest absolute Gasteiger partial charge is 0.370 e. The number of rotatable bonds is 3. The molecule has 0 aromatic carbocycles. The van der Waals surface area contributed by atoms with E-state index in [2.05, 4.69) is 3.53 Å². The number of halogens is 1. The van der Waals surface area contributed by atoms with Gasteiger partial charge in [-0.05, 0) is 0 Å². The third-order valence-electron chi connectivity index (χ3n) is 0.466. The molecule has 0 fully saturated rings. The quantitative estimate of drug-likeness (QED) is 0.505. The molecule has 0 atom stereocenters. The summed E-state index contributed by atoms with van der Waals surface area (Å²) < 4.78 is 2.77. The molecule has 42 valence electrons. The summed E-state index contributed by atoms with van der Waals surface area (Å²) in [5.74, 6) is -0.260. The summed E-state index contributed by atoms with van der Waals surface area (Å²) in [5, 5.41) is 0. The molecule has 0 aliphatic carbocycles. The van der Waals surface area contributed by atoms with Crippen LogP contribution in [-0.4, -0.2) is 12.5 Å². The fourth-order valence-corrected chi connectivity index (χ4v) is 0.440. The second-order valence-corrected chi connectivity index (χ2v) is 1.86. The molecule has 3 N–H and O–H groups in total. The van der Waals surface area contributed by atoms with Crippen molar-refractivity contribution in [3.8, 4) is 0 Å². The number of amides is 1. The van der Waals surface area contributed by atoms with Crippen LogP contribution in [0.15, 0.2) is 0 Å². The molecular formula is C3H7IN2O. The van der Waals surface area contributed by atoms with E-state index < -0.39 is 0 Å². The van der Waals surface area contributed by atoms with Crippen LogP contribution in [-0.2, 0) is 4.79 Å². The maximum atomic E-state index is 9.94. The average molecular weight is 214 g/mol. The molecule has 0 saturated carbocycles. The van der Waals surface area contributed by atoms with E-state index >= 15 is 0 Å².